The zero-order chi connectivity index (χ0) is 21.6. The van der Waals surface area contributed by atoms with Gasteiger partial charge in [-0.1, -0.05) is 89.2 Å². The molecule has 4 rings (SSSR count). The predicted octanol–water partition coefficient (Wildman–Crippen LogP) is 7.91. The van der Waals surface area contributed by atoms with Gasteiger partial charge in [-0.05, 0) is 37.6 Å². The van der Waals surface area contributed by atoms with Crippen LogP contribution < -0.4 is 0 Å². The van der Waals surface area contributed by atoms with Gasteiger partial charge in [-0.15, -0.1) is 10.2 Å². The summed E-state index contributed by atoms with van der Waals surface area (Å²) >= 11 is 1.37. The van der Waals surface area contributed by atoms with Gasteiger partial charge < -0.3 is 0 Å². The van der Waals surface area contributed by atoms with Gasteiger partial charge >= 0.3 is 0 Å². The molecule has 0 saturated heterocycles. The van der Waals surface area contributed by atoms with Crippen molar-refractivity contribution in [3.63, 3.8) is 0 Å². The number of azo groups is 1. The van der Waals surface area contributed by atoms with Gasteiger partial charge in [-0.2, -0.15) is 5.26 Å². The molecule has 0 spiro atoms. The van der Waals surface area contributed by atoms with E-state index in [-0.39, 0.29) is 0 Å². The van der Waals surface area contributed by atoms with Gasteiger partial charge in [0.15, 0.2) is 5.00 Å². The summed E-state index contributed by atoms with van der Waals surface area (Å²) in [6.45, 7) is 4.07. The number of hydrogen-bond acceptors (Lipinski definition) is 5. The fourth-order valence-electron chi connectivity index (χ4n) is 2.96. The summed E-state index contributed by atoms with van der Waals surface area (Å²) in [6.07, 6.45) is 1.86. The minimum Gasteiger partial charge on any atom is -0.233 e. The number of nitriles is 1. The van der Waals surface area contributed by atoms with Gasteiger partial charge in [0, 0.05) is 5.56 Å². The van der Waals surface area contributed by atoms with E-state index in [0.717, 1.165) is 22.5 Å². The lowest BCUT2D eigenvalue weighted by atomic mass is 10.1. The number of thiazole rings is 1. The van der Waals surface area contributed by atoms with E-state index in [1.54, 1.807) is 0 Å². The molecule has 0 aliphatic carbocycles. The maximum Gasteiger partial charge on any atom is 0.167 e. The van der Waals surface area contributed by atoms with Crippen LogP contribution in [0.25, 0.3) is 22.9 Å². The molecule has 0 N–H and O–H groups in total. The summed E-state index contributed by atoms with van der Waals surface area (Å²) < 4.78 is 0. The maximum absolute atomic E-state index is 9.79. The van der Waals surface area contributed by atoms with Crippen molar-refractivity contribution in [3.05, 3.63) is 101 Å². The highest BCUT2D eigenvalue weighted by Crippen LogP contribution is 2.39. The zero-order valence-electron chi connectivity index (χ0n) is 17.3. The molecule has 0 aliphatic heterocycles. The highest BCUT2D eigenvalue weighted by Gasteiger charge is 2.16. The van der Waals surface area contributed by atoms with E-state index in [1.165, 1.54) is 22.5 Å². The smallest absolute Gasteiger partial charge is 0.167 e. The summed E-state index contributed by atoms with van der Waals surface area (Å²) in [5.41, 5.74) is 6.25. The Balaban J connectivity index is 1.76. The summed E-state index contributed by atoms with van der Waals surface area (Å²) in [5.74, 6) is 0. The third-order valence-electron chi connectivity index (χ3n) is 4.69. The Bertz CT molecular complexity index is 1280. The highest BCUT2D eigenvalue weighted by molar-refractivity contribution is 7.17. The molecule has 0 aliphatic rings. The normalized spacial score (nSPS) is 11.6. The number of benzene rings is 3. The van der Waals surface area contributed by atoms with Gasteiger partial charge in [0.05, 0.1) is 11.3 Å². The van der Waals surface area contributed by atoms with Crippen molar-refractivity contribution in [2.24, 2.45) is 10.2 Å². The fourth-order valence-corrected chi connectivity index (χ4v) is 3.84. The molecule has 31 heavy (non-hydrogen) atoms. The second-order valence-electron chi connectivity index (χ2n) is 7.15. The largest absolute Gasteiger partial charge is 0.233 e. The van der Waals surface area contributed by atoms with Crippen LogP contribution in [0.15, 0.2) is 89.1 Å². The molecule has 0 bridgehead atoms. The number of aryl methyl sites for hydroxylation is 2. The van der Waals surface area contributed by atoms with Crippen LogP contribution in [0.5, 0.6) is 0 Å². The molecular weight excluding hydrogens is 400 g/mol. The molecule has 0 atom stereocenters. The number of allylic oxidation sites excluding steroid dienone is 1. The second kappa shape index (κ2) is 9.29. The zero-order valence-corrected chi connectivity index (χ0v) is 18.1. The highest BCUT2D eigenvalue weighted by atomic mass is 32.1. The van der Waals surface area contributed by atoms with Gasteiger partial charge in [0.1, 0.15) is 16.8 Å². The van der Waals surface area contributed by atoms with Crippen molar-refractivity contribution in [2.45, 2.75) is 13.8 Å². The molecule has 0 amide bonds. The van der Waals surface area contributed by atoms with Crippen LogP contribution in [0.2, 0.25) is 0 Å². The molecule has 0 radical (unpaired) electrons. The minimum absolute atomic E-state index is 0.503. The lowest BCUT2D eigenvalue weighted by molar-refractivity contribution is 1.24. The molecule has 4 nitrogen and oxygen atoms in total. The molecule has 0 unspecified atom stereocenters. The van der Waals surface area contributed by atoms with Crippen LogP contribution in [0.4, 0.5) is 10.7 Å². The van der Waals surface area contributed by atoms with Crippen molar-refractivity contribution < 1.29 is 0 Å². The van der Waals surface area contributed by atoms with E-state index in [4.69, 9.17) is 4.98 Å². The quantitative estimate of drug-likeness (QED) is 0.243. The fraction of sp³-hybridized carbons (Fsp3) is 0.0769. The Morgan fingerprint density at radius 1 is 0.871 bits per heavy atom. The molecule has 0 fully saturated rings. The molecule has 0 saturated carbocycles. The molecule has 3 aromatic carbocycles. The van der Waals surface area contributed by atoms with Crippen LogP contribution in [-0.4, -0.2) is 4.98 Å². The van der Waals surface area contributed by atoms with Gasteiger partial charge in [0.25, 0.3) is 0 Å². The lowest BCUT2D eigenvalue weighted by Gasteiger charge is -1.98. The van der Waals surface area contributed by atoms with E-state index < -0.39 is 0 Å². The van der Waals surface area contributed by atoms with Gasteiger partial charge in [0.2, 0.25) is 0 Å². The third kappa shape index (κ3) is 5.00. The van der Waals surface area contributed by atoms with E-state index in [0.29, 0.717) is 15.6 Å². The van der Waals surface area contributed by atoms with Crippen LogP contribution in [0, 0.1) is 25.2 Å². The summed E-state index contributed by atoms with van der Waals surface area (Å²) in [4.78, 5) is 4.77. The first kappa shape index (κ1) is 20.4. The Labute approximate surface area is 185 Å². The van der Waals surface area contributed by atoms with Crippen LogP contribution in [-0.2, 0) is 0 Å². The van der Waals surface area contributed by atoms with Crippen molar-refractivity contribution in [3.8, 4) is 17.3 Å². The second-order valence-corrected chi connectivity index (χ2v) is 8.13. The van der Waals surface area contributed by atoms with E-state index in [2.05, 4.69) is 16.3 Å². The van der Waals surface area contributed by atoms with E-state index >= 15 is 0 Å². The Morgan fingerprint density at radius 2 is 1.52 bits per heavy atom. The van der Waals surface area contributed by atoms with Crippen LogP contribution in [0.3, 0.4) is 0 Å². The first-order chi connectivity index (χ1) is 15.1. The van der Waals surface area contributed by atoms with Crippen LogP contribution >= 0.6 is 11.3 Å². The average molecular weight is 421 g/mol. The Morgan fingerprint density at radius 3 is 2.16 bits per heavy atom. The first-order valence-corrected chi connectivity index (χ1v) is 10.7. The topological polar surface area (TPSA) is 61.4 Å². The van der Waals surface area contributed by atoms with Crippen molar-refractivity contribution >= 4 is 33.7 Å². The number of hydrogen-bond donors (Lipinski definition) is 0. The molecule has 1 aromatic heterocycles. The maximum atomic E-state index is 9.79. The standard InChI is InChI=1S/C26H20N4S/c1-18-8-12-20(13-9-18)16-22(17-27)25-28-24(21-6-4-3-5-7-21)26(31-25)30-29-23-14-10-19(2)11-15-23/h3-16H,1-2H3/b22-16+,30-29?. The molecular formula is C26H20N4S. The third-order valence-corrected chi connectivity index (χ3v) is 5.66. The van der Waals surface area contributed by atoms with Gasteiger partial charge in [-0.3, -0.25) is 0 Å². The Hall–Kier alpha value is -3.88. The molecule has 5 heteroatoms. The number of nitrogens with zero attached hydrogens (tertiary/aromatic N) is 4. The van der Waals surface area contributed by atoms with E-state index in [9.17, 15) is 5.26 Å². The lowest BCUT2D eigenvalue weighted by Crippen LogP contribution is -1.83. The Kier molecular flexibility index (Phi) is 6.11. The summed E-state index contributed by atoms with van der Waals surface area (Å²) in [6, 6.07) is 28.1. The molecule has 1 heterocycles. The average Bonchev–Trinajstić information content (AvgIpc) is 3.23. The van der Waals surface area contributed by atoms with Gasteiger partial charge in [-0.25, -0.2) is 4.98 Å². The summed E-state index contributed by atoms with van der Waals surface area (Å²) in [7, 11) is 0. The number of aromatic nitrogens is 1. The van der Waals surface area contributed by atoms with Crippen molar-refractivity contribution in [1.82, 2.24) is 4.98 Å². The predicted molar refractivity (Wildman–Crippen MR) is 128 cm³/mol. The van der Waals surface area contributed by atoms with Crippen LogP contribution in [0.1, 0.15) is 21.7 Å². The monoisotopic (exact) mass is 420 g/mol. The minimum atomic E-state index is 0.503. The summed E-state index contributed by atoms with van der Waals surface area (Å²) in [5, 5.41) is 20.0. The van der Waals surface area contributed by atoms with Crippen molar-refractivity contribution in [2.75, 3.05) is 0 Å². The SMILES string of the molecule is Cc1ccc(/C=C(\C#N)c2nc(-c3ccccc3)c(N=Nc3ccc(C)cc3)s2)cc1. The molecule has 150 valence electrons. The molecule has 4 aromatic rings. The first-order valence-electron chi connectivity index (χ1n) is 9.86. The van der Waals surface area contributed by atoms with E-state index in [1.807, 2.05) is 98.8 Å². The number of rotatable bonds is 5. The van der Waals surface area contributed by atoms with Crippen molar-refractivity contribution in [1.29, 1.82) is 5.26 Å².